The molecule has 2 aromatic carbocycles. The number of pyridine rings is 1. The van der Waals surface area contributed by atoms with Crippen molar-refractivity contribution in [3.05, 3.63) is 71.2 Å². The van der Waals surface area contributed by atoms with Gasteiger partial charge in [-0.1, -0.05) is 0 Å². The molecule has 0 saturated heterocycles. The fraction of sp³-hybridized carbons (Fsp3) is 0.150. The maximum Gasteiger partial charge on any atom is 0.338 e. The van der Waals surface area contributed by atoms with Crippen molar-refractivity contribution < 1.29 is 18.7 Å². The molecule has 0 atom stereocenters. The van der Waals surface area contributed by atoms with Crippen LogP contribution in [0.2, 0.25) is 0 Å². The van der Waals surface area contributed by atoms with E-state index in [9.17, 15) is 14.0 Å². The lowest BCUT2D eigenvalue weighted by Crippen LogP contribution is -2.14. The Morgan fingerprint density at radius 2 is 1.85 bits per heavy atom. The number of hydrogen-bond acceptors (Lipinski definition) is 4. The van der Waals surface area contributed by atoms with Crippen molar-refractivity contribution in [2.75, 3.05) is 11.9 Å². The van der Waals surface area contributed by atoms with Gasteiger partial charge in [0.1, 0.15) is 5.82 Å². The number of rotatable bonds is 4. The Hall–Kier alpha value is -3.28. The molecule has 132 valence electrons. The summed E-state index contributed by atoms with van der Waals surface area (Å²) in [4.78, 5) is 28.5. The van der Waals surface area contributed by atoms with E-state index in [1.807, 2.05) is 0 Å². The number of hydrogen-bond donors (Lipinski definition) is 1. The van der Waals surface area contributed by atoms with Gasteiger partial charge in [-0.05, 0) is 62.4 Å². The van der Waals surface area contributed by atoms with E-state index in [4.69, 9.17) is 4.74 Å². The largest absolute Gasteiger partial charge is 0.462 e. The molecular formula is C20H17FN2O3. The van der Waals surface area contributed by atoms with Gasteiger partial charge >= 0.3 is 5.97 Å². The monoisotopic (exact) mass is 352 g/mol. The Bertz CT molecular complexity index is 984. The van der Waals surface area contributed by atoms with Crippen LogP contribution in [0.4, 0.5) is 10.1 Å². The Labute approximate surface area is 149 Å². The summed E-state index contributed by atoms with van der Waals surface area (Å²) in [6, 6.07) is 12.3. The lowest BCUT2D eigenvalue weighted by atomic mass is 10.1. The maximum atomic E-state index is 13.4. The van der Waals surface area contributed by atoms with Gasteiger partial charge in [0.05, 0.1) is 28.9 Å². The number of nitrogens with one attached hydrogen (secondary N) is 1. The molecule has 0 spiro atoms. The molecule has 0 radical (unpaired) electrons. The zero-order valence-corrected chi connectivity index (χ0v) is 14.4. The van der Waals surface area contributed by atoms with Gasteiger partial charge in [-0.3, -0.25) is 9.78 Å². The molecule has 0 unspecified atom stereocenters. The molecule has 0 bridgehead atoms. The van der Waals surface area contributed by atoms with Crippen LogP contribution >= 0.6 is 0 Å². The predicted octanol–water partition coefficient (Wildman–Crippen LogP) is 4.11. The summed E-state index contributed by atoms with van der Waals surface area (Å²) in [6.45, 7) is 3.76. The molecule has 1 heterocycles. The average Bonchev–Trinajstić information content (AvgIpc) is 2.62. The molecule has 1 aromatic heterocycles. The number of carbonyl (C=O) groups is 2. The van der Waals surface area contributed by atoms with Gasteiger partial charge in [-0.15, -0.1) is 0 Å². The number of carbonyl (C=O) groups excluding carboxylic acids is 2. The van der Waals surface area contributed by atoms with Crippen molar-refractivity contribution in [3.63, 3.8) is 0 Å². The van der Waals surface area contributed by atoms with E-state index in [2.05, 4.69) is 10.3 Å². The zero-order valence-electron chi connectivity index (χ0n) is 14.4. The van der Waals surface area contributed by atoms with Crippen LogP contribution in [0.25, 0.3) is 10.9 Å². The van der Waals surface area contributed by atoms with E-state index < -0.39 is 5.97 Å². The number of anilines is 1. The molecule has 3 rings (SSSR count). The molecule has 1 N–H and O–H groups in total. The maximum absolute atomic E-state index is 13.4. The summed E-state index contributed by atoms with van der Waals surface area (Å²) in [5, 5.41) is 3.31. The molecule has 1 amide bonds. The summed E-state index contributed by atoms with van der Waals surface area (Å²) in [5.74, 6) is -1.16. The van der Waals surface area contributed by atoms with Crippen LogP contribution in [-0.4, -0.2) is 23.5 Å². The van der Waals surface area contributed by atoms with Crippen LogP contribution in [-0.2, 0) is 4.74 Å². The van der Waals surface area contributed by atoms with Crippen LogP contribution in [0.1, 0.15) is 33.3 Å². The number of fused-ring (bicyclic) bond motifs is 1. The highest BCUT2D eigenvalue weighted by Crippen LogP contribution is 2.19. The lowest BCUT2D eigenvalue weighted by molar-refractivity contribution is 0.0526. The summed E-state index contributed by atoms with van der Waals surface area (Å²) < 4.78 is 18.3. The topological polar surface area (TPSA) is 68.3 Å². The minimum Gasteiger partial charge on any atom is -0.462 e. The third-order valence-electron chi connectivity index (χ3n) is 3.87. The number of esters is 1. The van der Waals surface area contributed by atoms with E-state index in [0.29, 0.717) is 40.0 Å². The second-order valence-corrected chi connectivity index (χ2v) is 5.71. The standard InChI is InChI=1S/C20H17FN2O3/c1-3-26-20(25)13-4-7-16(8-5-13)23-19(24)17-11-14-10-15(21)6-9-18(14)22-12(17)2/h4-11H,3H2,1-2H3,(H,23,24). The number of aromatic nitrogens is 1. The van der Waals surface area contributed by atoms with Crippen LogP contribution in [0, 0.1) is 12.7 Å². The highest BCUT2D eigenvalue weighted by Gasteiger charge is 2.13. The summed E-state index contributed by atoms with van der Waals surface area (Å²) in [7, 11) is 0. The fourth-order valence-electron chi connectivity index (χ4n) is 2.58. The smallest absolute Gasteiger partial charge is 0.338 e. The number of benzene rings is 2. The van der Waals surface area contributed by atoms with Gasteiger partial charge in [0, 0.05) is 11.1 Å². The molecule has 5 nitrogen and oxygen atoms in total. The highest BCUT2D eigenvalue weighted by molar-refractivity contribution is 6.07. The first-order valence-electron chi connectivity index (χ1n) is 8.13. The Kier molecular flexibility index (Phi) is 4.93. The van der Waals surface area contributed by atoms with E-state index in [-0.39, 0.29) is 11.7 Å². The zero-order chi connectivity index (χ0) is 18.7. The van der Waals surface area contributed by atoms with E-state index in [0.717, 1.165) is 0 Å². The van der Waals surface area contributed by atoms with Crippen molar-refractivity contribution in [2.24, 2.45) is 0 Å². The number of halogens is 1. The van der Waals surface area contributed by atoms with E-state index in [1.54, 1.807) is 50.2 Å². The first-order chi connectivity index (χ1) is 12.5. The Morgan fingerprint density at radius 1 is 1.12 bits per heavy atom. The molecule has 0 aliphatic heterocycles. The molecular weight excluding hydrogens is 335 g/mol. The van der Waals surface area contributed by atoms with E-state index >= 15 is 0 Å². The van der Waals surface area contributed by atoms with Crippen molar-refractivity contribution in [3.8, 4) is 0 Å². The quantitative estimate of drug-likeness (QED) is 0.718. The van der Waals surface area contributed by atoms with Gasteiger partial charge in [0.2, 0.25) is 0 Å². The van der Waals surface area contributed by atoms with Crippen LogP contribution < -0.4 is 5.32 Å². The first-order valence-corrected chi connectivity index (χ1v) is 8.13. The van der Waals surface area contributed by atoms with Gasteiger partial charge < -0.3 is 10.1 Å². The van der Waals surface area contributed by atoms with Crippen LogP contribution in [0.15, 0.2) is 48.5 Å². The molecule has 0 aliphatic carbocycles. The molecule has 0 saturated carbocycles. The minimum absolute atomic E-state index is 0.298. The van der Waals surface area contributed by atoms with E-state index in [1.165, 1.54) is 12.1 Å². The summed E-state index contributed by atoms with van der Waals surface area (Å²) >= 11 is 0. The van der Waals surface area contributed by atoms with Crippen LogP contribution in [0.3, 0.4) is 0 Å². The number of aryl methyl sites for hydroxylation is 1. The predicted molar refractivity (Wildman–Crippen MR) is 96.8 cm³/mol. The second-order valence-electron chi connectivity index (χ2n) is 5.71. The van der Waals surface area contributed by atoms with Gasteiger partial charge in [-0.2, -0.15) is 0 Å². The van der Waals surface area contributed by atoms with Gasteiger partial charge in [-0.25, -0.2) is 9.18 Å². The number of amides is 1. The molecule has 6 heteroatoms. The lowest BCUT2D eigenvalue weighted by Gasteiger charge is -2.09. The van der Waals surface area contributed by atoms with Gasteiger partial charge in [0.25, 0.3) is 5.91 Å². The van der Waals surface area contributed by atoms with Crippen molar-refractivity contribution in [1.82, 2.24) is 4.98 Å². The number of nitrogens with zero attached hydrogens (tertiary/aromatic N) is 1. The third-order valence-corrected chi connectivity index (χ3v) is 3.87. The third kappa shape index (κ3) is 3.69. The van der Waals surface area contributed by atoms with Crippen molar-refractivity contribution in [1.29, 1.82) is 0 Å². The Balaban J connectivity index is 1.82. The van der Waals surface area contributed by atoms with Crippen molar-refractivity contribution in [2.45, 2.75) is 13.8 Å². The van der Waals surface area contributed by atoms with Crippen molar-refractivity contribution >= 4 is 28.5 Å². The fourth-order valence-corrected chi connectivity index (χ4v) is 2.58. The first kappa shape index (κ1) is 17.5. The average molecular weight is 352 g/mol. The molecule has 0 fully saturated rings. The SMILES string of the molecule is CCOC(=O)c1ccc(NC(=O)c2cc3cc(F)ccc3nc2C)cc1. The second kappa shape index (κ2) is 7.31. The summed E-state index contributed by atoms with van der Waals surface area (Å²) in [5.41, 5.74) is 2.47. The number of ether oxygens (including phenoxy) is 1. The molecule has 26 heavy (non-hydrogen) atoms. The van der Waals surface area contributed by atoms with Crippen LogP contribution in [0.5, 0.6) is 0 Å². The van der Waals surface area contributed by atoms with Gasteiger partial charge in [0.15, 0.2) is 0 Å². The summed E-state index contributed by atoms with van der Waals surface area (Å²) in [6.07, 6.45) is 0. The Morgan fingerprint density at radius 3 is 2.54 bits per heavy atom. The highest BCUT2D eigenvalue weighted by atomic mass is 19.1. The molecule has 3 aromatic rings. The minimum atomic E-state index is -0.415. The normalized spacial score (nSPS) is 10.6. The molecule has 0 aliphatic rings.